The van der Waals surface area contributed by atoms with Gasteiger partial charge in [-0.3, -0.25) is 0 Å². The summed E-state index contributed by atoms with van der Waals surface area (Å²) in [5.74, 6) is 0. The summed E-state index contributed by atoms with van der Waals surface area (Å²) in [6.45, 7) is 2.30. The van der Waals surface area contributed by atoms with E-state index in [1.165, 1.54) is 123 Å². The molecule has 170 valence electrons. The molecule has 1 nitrogen and oxygen atoms in total. The lowest BCUT2D eigenvalue weighted by molar-refractivity contribution is 0.535. The van der Waals surface area contributed by atoms with Gasteiger partial charge in [0.2, 0.25) is 0 Å². The summed E-state index contributed by atoms with van der Waals surface area (Å²) in [6, 6.07) is 11.1. The lowest BCUT2D eigenvalue weighted by atomic mass is 10.0. The highest BCUT2D eigenvalue weighted by atomic mass is 32.1. The number of aromatic amines is 1. The fourth-order valence-electron chi connectivity index (χ4n) is 4.38. The van der Waals surface area contributed by atoms with Crippen molar-refractivity contribution >= 4 is 22.7 Å². The average Bonchev–Trinajstić information content (AvgIpc) is 3.54. The first kappa shape index (κ1) is 24.3. The molecule has 0 unspecified atom stereocenters. The van der Waals surface area contributed by atoms with Gasteiger partial charge < -0.3 is 4.98 Å². The highest BCUT2D eigenvalue weighted by Gasteiger charge is 2.10. The van der Waals surface area contributed by atoms with Gasteiger partial charge in [-0.1, -0.05) is 96.5 Å². The Morgan fingerprint density at radius 2 is 1.23 bits per heavy atom. The fourth-order valence-corrected chi connectivity index (χ4v) is 6.02. The number of thiophene rings is 2. The Kier molecular flexibility index (Phi) is 11.5. The van der Waals surface area contributed by atoms with Gasteiger partial charge in [-0.15, -0.1) is 22.7 Å². The van der Waals surface area contributed by atoms with E-state index in [0.717, 1.165) is 0 Å². The van der Waals surface area contributed by atoms with Crippen molar-refractivity contribution in [3.63, 3.8) is 0 Å². The van der Waals surface area contributed by atoms with E-state index in [4.69, 9.17) is 0 Å². The summed E-state index contributed by atoms with van der Waals surface area (Å²) < 4.78 is 0. The van der Waals surface area contributed by atoms with Crippen LogP contribution in [-0.2, 0) is 6.42 Å². The molecule has 0 spiro atoms. The molecule has 3 rings (SSSR count). The van der Waals surface area contributed by atoms with Crippen LogP contribution in [0.3, 0.4) is 0 Å². The van der Waals surface area contributed by atoms with Gasteiger partial charge >= 0.3 is 0 Å². The Balaban J connectivity index is 1.24. The van der Waals surface area contributed by atoms with Crippen LogP contribution in [-0.4, -0.2) is 4.98 Å². The Morgan fingerprint density at radius 1 is 0.613 bits per heavy atom. The minimum absolute atomic E-state index is 1.21. The Labute approximate surface area is 198 Å². The quantitative estimate of drug-likeness (QED) is 0.195. The van der Waals surface area contributed by atoms with Gasteiger partial charge in [-0.25, -0.2) is 0 Å². The maximum absolute atomic E-state index is 3.63. The van der Waals surface area contributed by atoms with Crippen LogP contribution >= 0.6 is 22.7 Å². The molecule has 0 radical (unpaired) electrons. The number of aromatic nitrogens is 1. The van der Waals surface area contributed by atoms with Crippen LogP contribution in [0.4, 0.5) is 0 Å². The molecule has 0 saturated carbocycles. The van der Waals surface area contributed by atoms with Crippen molar-refractivity contribution in [1.82, 2.24) is 4.98 Å². The second-order valence-electron chi connectivity index (χ2n) is 8.88. The van der Waals surface area contributed by atoms with Gasteiger partial charge in [0.1, 0.15) is 0 Å². The highest BCUT2D eigenvalue weighted by Crippen LogP contribution is 2.33. The van der Waals surface area contributed by atoms with Gasteiger partial charge in [-0.05, 0) is 53.4 Å². The van der Waals surface area contributed by atoms with E-state index < -0.39 is 0 Å². The molecule has 3 aromatic heterocycles. The number of hydrogen-bond acceptors (Lipinski definition) is 2. The number of unbranched alkanes of at least 4 members (excludes halogenated alkanes) is 13. The van der Waals surface area contributed by atoms with E-state index in [2.05, 4.69) is 53.0 Å². The van der Waals surface area contributed by atoms with E-state index in [1.54, 1.807) is 11.3 Å². The summed E-state index contributed by atoms with van der Waals surface area (Å²) in [5, 5.41) is 4.39. The molecular weight excluding hydrogens is 414 g/mol. The Morgan fingerprint density at radius 3 is 1.84 bits per heavy atom. The first-order valence-electron chi connectivity index (χ1n) is 12.7. The predicted octanol–water partition coefficient (Wildman–Crippen LogP) is 10.5. The van der Waals surface area contributed by atoms with Crippen molar-refractivity contribution in [3.05, 3.63) is 46.7 Å². The minimum atomic E-state index is 1.21. The molecule has 0 aliphatic carbocycles. The van der Waals surface area contributed by atoms with E-state index >= 15 is 0 Å². The second-order valence-corrected chi connectivity index (χ2v) is 10.7. The van der Waals surface area contributed by atoms with Crippen molar-refractivity contribution in [2.75, 3.05) is 0 Å². The van der Waals surface area contributed by atoms with Gasteiger partial charge in [0.05, 0.1) is 21.1 Å². The van der Waals surface area contributed by atoms with Crippen molar-refractivity contribution in [1.29, 1.82) is 0 Å². The van der Waals surface area contributed by atoms with Gasteiger partial charge in [0, 0.05) is 0 Å². The fraction of sp³-hybridized carbons (Fsp3) is 0.571. The van der Waals surface area contributed by atoms with Gasteiger partial charge in [-0.2, -0.15) is 0 Å². The summed E-state index contributed by atoms with van der Waals surface area (Å²) in [6.07, 6.45) is 21.1. The molecule has 0 aliphatic rings. The normalized spacial score (nSPS) is 11.4. The van der Waals surface area contributed by atoms with E-state index in [0.29, 0.717) is 0 Å². The molecule has 0 fully saturated rings. The van der Waals surface area contributed by atoms with Crippen LogP contribution in [0, 0.1) is 0 Å². The van der Waals surface area contributed by atoms with Crippen molar-refractivity contribution in [2.24, 2.45) is 0 Å². The SMILES string of the molecule is CCCCCCCCCCCCCCCCc1ccsc1-c1ccc(-c2cccs2)[nH]1. The molecule has 3 aromatic rings. The number of H-pyrrole nitrogens is 1. The van der Waals surface area contributed by atoms with Crippen molar-refractivity contribution in [3.8, 4) is 21.1 Å². The lowest BCUT2D eigenvalue weighted by Gasteiger charge is -2.04. The monoisotopic (exact) mass is 455 g/mol. The third-order valence-electron chi connectivity index (χ3n) is 6.26. The molecule has 0 atom stereocenters. The van der Waals surface area contributed by atoms with Gasteiger partial charge in [0.15, 0.2) is 0 Å². The van der Waals surface area contributed by atoms with Crippen LogP contribution in [0.5, 0.6) is 0 Å². The Hall–Kier alpha value is -1.32. The third-order valence-corrected chi connectivity index (χ3v) is 8.16. The zero-order chi connectivity index (χ0) is 21.6. The first-order valence-corrected chi connectivity index (χ1v) is 14.4. The molecule has 3 heterocycles. The van der Waals surface area contributed by atoms with E-state index in [1.807, 2.05) is 11.3 Å². The lowest BCUT2D eigenvalue weighted by Crippen LogP contribution is -1.87. The van der Waals surface area contributed by atoms with Crippen LogP contribution in [0.15, 0.2) is 41.1 Å². The minimum Gasteiger partial charge on any atom is -0.353 e. The van der Waals surface area contributed by atoms with Crippen LogP contribution in [0.25, 0.3) is 21.1 Å². The Bertz CT molecular complexity index is 812. The zero-order valence-electron chi connectivity index (χ0n) is 19.5. The molecular formula is C28H41NS2. The molecule has 0 amide bonds. The number of rotatable bonds is 17. The topological polar surface area (TPSA) is 15.8 Å². The van der Waals surface area contributed by atoms with Crippen molar-refractivity contribution in [2.45, 2.75) is 103 Å². The number of aryl methyl sites for hydroxylation is 1. The summed E-state index contributed by atoms with van der Waals surface area (Å²) in [7, 11) is 0. The van der Waals surface area contributed by atoms with Gasteiger partial charge in [0.25, 0.3) is 0 Å². The maximum Gasteiger partial charge on any atom is 0.0563 e. The first-order chi connectivity index (χ1) is 15.4. The van der Waals surface area contributed by atoms with Crippen LogP contribution in [0.1, 0.15) is 102 Å². The third kappa shape index (κ3) is 8.61. The highest BCUT2D eigenvalue weighted by molar-refractivity contribution is 7.14. The molecule has 3 heteroatoms. The second kappa shape index (κ2) is 14.7. The largest absolute Gasteiger partial charge is 0.353 e. The standard InChI is InChI=1S/C28H41NS2/c1-2-3-4-5-6-7-8-9-10-11-12-13-14-15-17-24-21-23-31-28(24)26-20-19-25(29-26)27-18-16-22-30-27/h16,18-23,29H,2-15,17H2,1H3. The number of nitrogens with one attached hydrogen (secondary N) is 1. The smallest absolute Gasteiger partial charge is 0.0563 e. The molecule has 0 saturated heterocycles. The van der Waals surface area contributed by atoms with Crippen LogP contribution in [0.2, 0.25) is 0 Å². The summed E-state index contributed by atoms with van der Waals surface area (Å²) in [5.41, 5.74) is 4.03. The number of hydrogen-bond donors (Lipinski definition) is 1. The van der Waals surface area contributed by atoms with E-state index in [-0.39, 0.29) is 0 Å². The molecule has 0 aromatic carbocycles. The van der Waals surface area contributed by atoms with Crippen LogP contribution < -0.4 is 0 Å². The summed E-state index contributed by atoms with van der Waals surface area (Å²) >= 11 is 3.67. The average molecular weight is 456 g/mol. The molecule has 31 heavy (non-hydrogen) atoms. The maximum atomic E-state index is 3.63. The zero-order valence-corrected chi connectivity index (χ0v) is 21.1. The van der Waals surface area contributed by atoms with Crippen molar-refractivity contribution < 1.29 is 0 Å². The molecule has 0 aliphatic heterocycles. The summed E-state index contributed by atoms with van der Waals surface area (Å²) in [4.78, 5) is 6.38. The van der Waals surface area contributed by atoms with E-state index in [9.17, 15) is 0 Å². The molecule has 0 bridgehead atoms. The molecule has 1 N–H and O–H groups in total. The predicted molar refractivity (Wildman–Crippen MR) is 141 cm³/mol.